The maximum atomic E-state index is 13.2. The molecule has 2 aromatic rings. The zero-order valence-electron chi connectivity index (χ0n) is 18.3. The first-order valence-electron chi connectivity index (χ1n) is 10.1. The summed E-state index contributed by atoms with van der Waals surface area (Å²) >= 11 is 0. The lowest BCUT2D eigenvalue weighted by molar-refractivity contribution is 0.396. The number of methoxy groups -OCH3 is 1. The van der Waals surface area contributed by atoms with Gasteiger partial charge in [0.15, 0.2) is 0 Å². The lowest BCUT2D eigenvalue weighted by Crippen LogP contribution is -2.31. The van der Waals surface area contributed by atoms with Crippen LogP contribution in [0.3, 0.4) is 0 Å². The number of rotatable bonds is 7. The van der Waals surface area contributed by atoms with Gasteiger partial charge in [0, 0.05) is 39.7 Å². The average Bonchev–Trinajstić information content (AvgIpc) is 2.74. The molecule has 0 saturated carbocycles. The van der Waals surface area contributed by atoms with Crippen LogP contribution in [0.1, 0.15) is 35.8 Å². The summed E-state index contributed by atoms with van der Waals surface area (Å²) in [6.07, 6.45) is 2.16. The minimum Gasteiger partial charge on any atom is -0.495 e. The van der Waals surface area contributed by atoms with E-state index in [1.807, 2.05) is 38.1 Å². The van der Waals surface area contributed by atoms with E-state index in [0.717, 1.165) is 43.0 Å². The van der Waals surface area contributed by atoms with Gasteiger partial charge < -0.3 is 15.0 Å². The highest BCUT2D eigenvalue weighted by Gasteiger charge is 2.27. The maximum absolute atomic E-state index is 13.2. The molecule has 0 amide bonds. The lowest BCUT2D eigenvalue weighted by Gasteiger charge is -2.25. The molecule has 2 heterocycles. The highest BCUT2D eigenvalue weighted by atomic mass is 32.2. The van der Waals surface area contributed by atoms with Crippen molar-refractivity contribution in [3.63, 3.8) is 0 Å². The summed E-state index contributed by atoms with van der Waals surface area (Å²) in [5.74, 6) is 1.89. The Morgan fingerprint density at radius 2 is 1.97 bits per heavy atom. The molecule has 1 fully saturated rings. The normalized spacial score (nSPS) is 17.2. The van der Waals surface area contributed by atoms with E-state index in [1.54, 1.807) is 19.2 Å². The van der Waals surface area contributed by atoms with Crippen molar-refractivity contribution in [3.05, 3.63) is 41.3 Å². The number of nitrogens with one attached hydrogen (secondary N) is 1. The van der Waals surface area contributed by atoms with Crippen LogP contribution in [0.5, 0.6) is 5.75 Å². The summed E-state index contributed by atoms with van der Waals surface area (Å²) in [4.78, 5) is 11.4. The van der Waals surface area contributed by atoms with E-state index in [-0.39, 0.29) is 11.4 Å². The molecule has 0 spiro atoms. The number of sulfonamides is 1. The van der Waals surface area contributed by atoms with Crippen LogP contribution in [0.2, 0.25) is 0 Å². The fraction of sp³-hybridized carbons (Fsp3) is 0.524. The van der Waals surface area contributed by atoms with Crippen molar-refractivity contribution >= 4 is 15.8 Å². The number of benzene rings is 1. The molecule has 164 valence electrons. The molecule has 1 unspecified atom stereocenters. The summed E-state index contributed by atoms with van der Waals surface area (Å²) in [6, 6.07) is 7.12. The minimum atomic E-state index is -3.77. The summed E-state index contributed by atoms with van der Waals surface area (Å²) in [7, 11) is 3.09. The molecule has 1 N–H and O–H groups in total. The number of nitrogens with zero attached hydrogens (tertiary/aromatic N) is 4. The topological polar surface area (TPSA) is 87.7 Å². The van der Waals surface area contributed by atoms with E-state index in [9.17, 15) is 8.42 Å². The molecule has 1 aromatic carbocycles. The minimum absolute atomic E-state index is 0.0776. The first-order chi connectivity index (χ1) is 14.2. The van der Waals surface area contributed by atoms with Crippen LogP contribution < -0.4 is 15.0 Å². The van der Waals surface area contributed by atoms with Crippen LogP contribution >= 0.6 is 0 Å². The van der Waals surface area contributed by atoms with E-state index >= 15 is 0 Å². The summed E-state index contributed by atoms with van der Waals surface area (Å²) < 4.78 is 33.1. The van der Waals surface area contributed by atoms with Crippen LogP contribution in [-0.4, -0.2) is 64.0 Å². The van der Waals surface area contributed by atoms with Gasteiger partial charge in [-0.05, 0) is 44.0 Å². The van der Waals surface area contributed by atoms with E-state index in [2.05, 4.69) is 10.3 Å². The molecule has 1 atom stereocenters. The Morgan fingerprint density at radius 1 is 1.20 bits per heavy atom. The van der Waals surface area contributed by atoms with E-state index in [0.29, 0.717) is 17.5 Å². The Bertz CT molecular complexity index is 988. The van der Waals surface area contributed by atoms with Crippen LogP contribution in [0.4, 0.5) is 5.82 Å². The molecule has 9 heteroatoms. The Labute approximate surface area is 179 Å². The van der Waals surface area contributed by atoms with Gasteiger partial charge in [-0.15, -0.1) is 0 Å². The fourth-order valence-corrected chi connectivity index (χ4v) is 4.92. The molecule has 0 radical (unpaired) electrons. The molecule has 0 bridgehead atoms. The second-order valence-electron chi connectivity index (χ2n) is 7.92. The van der Waals surface area contributed by atoms with Crippen molar-refractivity contribution in [2.24, 2.45) is 0 Å². The van der Waals surface area contributed by atoms with E-state index in [1.165, 1.54) is 11.4 Å². The Balaban J connectivity index is 1.92. The van der Waals surface area contributed by atoms with Gasteiger partial charge >= 0.3 is 0 Å². The fourth-order valence-electron chi connectivity index (χ4n) is 3.55. The summed E-state index contributed by atoms with van der Waals surface area (Å²) in [5, 5.41) is 3.41. The van der Waals surface area contributed by atoms with Gasteiger partial charge in [0.25, 0.3) is 0 Å². The highest BCUT2D eigenvalue weighted by Crippen LogP contribution is 2.29. The molecule has 30 heavy (non-hydrogen) atoms. The Hall–Kier alpha value is -2.23. The quantitative estimate of drug-likeness (QED) is 0.716. The van der Waals surface area contributed by atoms with Gasteiger partial charge in [-0.1, -0.05) is 6.07 Å². The molecule has 1 aliphatic heterocycles. The standard InChI is InChI=1S/C21H31N5O3S/c1-15-8-9-18(29-5)19(11-15)30(27,28)26(4)14-20-23-17(12-21(24-20)25(2)3)16-7-6-10-22-13-16/h8-9,11-12,16,22H,6-7,10,13-14H2,1-5H3. The first kappa shape index (κ1) is 22.5. The summed E-state index contributed by atoms with van der Waals surface area (Å²) in [6.45, 7) is 3.83. The Morgan fingerprint density at radius 3 is 2.60 bits per heavy atom. The van der Waals surface area contributed by atoms with Crippen molar-refractivity contribution in [1.82, 2.24) is 19.6 Å². The van der Waals surface area contributed by atoms with Crippen molar-refractivity contribution in [3.8, 4) is 5.75 Å². The van der Waals surface area contributed by atoms with Gasteiger partial charge in [0.2, 0.25) is 10.0 Å². The van der Waals surface area contributed by atoms with Crippen LogP contribution in [0, 0.1) is 6.92 Å². The van der Waals surface area contributed by atoms with Gasteiger partial charge in [-0.25, -0.2) is 18.4 Å². The molecular formula is C21H31N5O3S. The predicted octanol–water partition coefficient (Wildman–Crippen LogP) is 2.15. The second kappa shape index (κ2) is 9.28. The maximum Gasteiger partial charge on any atom is 0.246 e. The van der Waals surface area contributed by atoms with Crippen molar-refractivity contribution < 1.29 is 13.2 Å². The zero-order chi connectivity index (χ0) is 21.9. The molecule has 1 aliphatic rings. The molecule has 1 saturated heterocycles. The SMILES string of the molecule is COc1ccc(C)cc1S(=O)(=O)N(C)Cc1nc(C2CCCNC2)cc(N(C)C)n1. The van der Waals surface area contributed by atoms with Gasteiger partial charge in [0.1, 0.15) is 22.3 Å². The number of aromatic nitrogens is 2. The number of hydrogen-bond acceptors (Lipinski definition) is 7. The third kappa shape index (κ3) is 4.91. The third-order valence-corrected chi connectivity index (χ3v) is 7.15. The number of hydrogen-bond donors (Lipinski definition) is 1. The van der Waals surface area contributed by atoms with E-state index < -0.39 is 10.0 Å². The van der Waals surface area contributed by atoms with E-state index in [4.69, 9.17) is 9.72 Å². The number of anilines is 1. The second-order valence-corrected chi connectivity index (χ2v) is 9.93. The highest BCUT2D eigenvalue weighted by molar-refractivity contribution is 7.89. The first-order valence-corrected chi connectivity index (χ1v) is 11.5. The van der Waals surface area contributed by atoms with Crippen LogP contribution in [0.15, 0.2) is 29.2 Å². The van der Waals surface area contributed by atoms with Gasteiger partial charge in [0.05, 0.1) is 19.3 Å². The monoisotopic (exact) mass is 433 g/mol. The van der Waals surface area contributed by atoms with Crippen molar-refractivity contribution in [1.29, 1.82) is 0 Å². The molecule has 1 aromatic heterocycles. The Kier molecular flexibility index (Phi) is 6.95. The van der Waals surface area contributed by atoms with Crippen molar-refractivity contribution in [2.75, 3.05) is 46.2 Å². The largest absolute Gasteiger partial charge is 0.495 e. The number of piperidine rings is 1. The zero-order valence-corrected chi connectivity index (χ0v) is 19.2. The van der Waals surface area contributed by atoms with Gasteiger partial charge in [-0.3, -0.25) is 0 Å². The third-order valence-electron chi connectivity index (χ3n) is 5.32. The molecule has 8 nitrogen and oxygen atoms in total. The average molecular weight is 434 g/mol. The van der Waals surface area contributed by atoms with Crippen LogP contribution in [0.25, 0.3) is 0 Å². The summed E-state index contributed by atoms with van der Waals surface area (Å²) in [5.41, 5.74) is 1.80. The molecular weight excluding hydrogens is 402 g/mol. The van der Waals surface area contributed by atoms with Crippen LogP contribution in [-0.2, 0) is 16.6 Å². The molecule has 0 aliphatic carbocycles. The number of ether oxygens (including phenoxy) is 1. The lowest BCUT2D eigenvalue weighted by atomic mass is 9.96. The predicted molar refractivity (Wildman–Crippen MR) is 118 cm³/mol. The molecule has 3 rings (SSSR count). The van der Waals surface area contributed by atoms with Gasteiger partial charge in [-0.2, -0.15) is 4.31 Å². The smallest absolute Gasteiger partial charge is 0.246 e. The van der Waals surface area contributed by atoms with Crippen molar-refractivity contribution in [2.45, 2.75) is 37.1 Å². The number of aryl methyl sites for hydroxylation is 1.